The minimum absolute atomic E-state index is 0.599. The van der Waals surface area contributed by atoms with Crippen molar-refractivity contribution in [2.45, 2.75) is 12.8 Å². The second kappa shape index (κ2) is 24.9. The molecule has 15 rings (SSSR count). The molecule has 0 amide bonds. The largest absolute Gasteiger partial charge is 0.208 e. The average Bonchev–Trinajstić information content (AvgIpc) is 1.65. The van der Waals surface area contributed by atoms with E-state index in [4.69, 9.17) is 29.9 Å². The number of hydrogen-bond donors (Lipinski definition) is 0. The summed E-state index contributed by atoms with van der Waals surface area (Å²) in [6, 6.07) is 109. The summed E-state index contributed by atoms with van der Waals surface area (Å²) in [4.78, 5) is 31.2. The van der Waals surface area contributed by atoms with Gasteiger partial charge in [-0.15, -0.1) is 0 Å². The van der Waals surface area contributed by atoms with E-state index in [9.17, 15) is 0 Å². The molecule has 0 saturated carbocycles. The molecule has 6 heteroatoms. The van der Waals surface area contributed by atoms with E-state index >= 15 is 0 Å². The quantitative estimate of drug-likeness (QED) is 0.108. The Morgan fingerprint density at radius 3 is 0.589 bits per heavy atom. The molecule has 0 aliphatic heterocycles. The molecule has 0 atom stereocenters. The van der Waals surface area contributed by atoms with Crippen molar-refractivity contribution in [2.24, 2.45) is 0 Å². The summed E-state index contributed by atoms with van der Waals surface area (Å²) in [5, 5.41) is 0. The van der Waals surface area contributed by atoms with Crippen molar-refractivity contribution in [1.82, 2.24) is 29.9 Å². The van der Waals surface area contributed by atoms with E-state index in [1.54, 1.807) is 0 Å². The van der Waals surface area contributed by atoms with Gasteiger partial charge in [-0.2, -0.15) is 0 Å². The first kappa shape index (κ1) is 54.8. The van der Waals surface area contributed by atoms with E-state index in [-0.39, 0.29) is 0 Å². The van der Waals surface area contributed by atoms with Gasteiger partial charge in [0.25, 0.3) is 0 Å². The van der Waals surface area contributed by atoms with Gasteiger partial charge in [-0.1, -0.05) is 273 Å². The van der Waals surface area contributed by atoms with E-state index in [1.165, 1.54) is 5.57 Å². The lowest BCUT2D eigenvalue weighted by Gasteiger charge is -2.13. The molecule has 1 aliphatic rings. The predicted molar refractivity (Wildman–Crippen MR) is 370 cm³/mol. The van der Waals surface area contributed by atoms with Crippen molar-refractivity contribution >= 4 is 5.57 Å². The van der Waals surface area contributed by atoms with Crippen LogP contribution >= 0.6 is 0 Å². The van der Waals surface area contributed by atoms with Crippen LogP contribution in [0.2, 0.25) is 0 Å². The Hall–Kier alpha value is -11.9. The van der Waals surface area contributed by atoms with Crippen molar-refractivity contribution in [1.29, 1.82) is 0 Å². The van der Waals surface area contributed by atoms with E-state index in [2.05, 4.69) is 309 Å². The lowest BCUT2D eigenvalue weighted by Crippen LogP contribution is -2.01. The molecule has 0 bridgehead atoms. The van der Waals surface area contributed by atoms with Crippen LogP contribution in [-0.2, 0) is 0 Å². The van der Waals surface area contributed by atoms with Crippen LogP contribution in [0, 0.1) is 0 Å². The Morgan fingerprint density at radius 2 is 0.356 bits per heavy atom. The molecule has 1 aliphatic carbocycles. The molecule has 0 spiro atoms. The monoisotopic (exact) mass is 1150 g/mol. The van der Waals surface area contributed by atoms with Crippen molar-refractivity contribution < 1.29 is 0 Å². The van der Waals surface area contributed by atoms with Crippen LogP contribution < -0.4 is 0 Å². The zero-order valence-corrected chi connectivity index (χ0v) is 49.3. The van der Waals surface area contributed by atoms with Gasteiger partial charge in [0.2, 0.25) is 0 Å². The highest BCUT2D eigenvalue weighted by molar-refractivity contribution is 5.83. The summed E-state index contributed by atoms with van der Waals surface area (Å²) in [5.74, 6) is 3.67. The van der Waals surface area contributed by atoms with E-state index in [1.807, 2.05) is 18.2 Å². The zero-order valence-electron chi connectivity index (χ0n) is 49.3. The van der Waals surface area contributed by atoms with Gasteiger partial charge in [0.1, 0.15) is 0 Å². The Morgan fingerprint density at radius 1 is 0.167 bits per heavy atom. The second-order valence-corrected chi connectivity index (χ2v) is 22.6. The molecule has 0 saturated heterocycles. The zero-order chi connectivity index (χ0) is 60.0. The fourth-order valence-corrected chi connectivity index (χ4v) is 11.9. The molecule has 2 heterocycles. The van der Waals surface area contributed by atoms with Gasteiger partial charge < -0.3 is 0 Å². The number of aromatic nitrogens is 6. The number of allylic oxidation sites excluding steroid dienone is 4. The number of rotatable bonds is 14. The third kappa shape index (κ3) is 11.9. The fraction of sp³-hybridized carbons (Fsp3) is 0.0238. The number of nitrogens with zero attached hydrogens (tertiary/aromatic N) is 6. The summed E-state index contributed by atoms with van der Waals surface area (Å²) >= 11 is 0. The van der Waals surface area contributed by atoms with E-state index < -0.39 is 0 Å². The lowest BCUT2D eigenvalue weighted by molar-refractivity contribution is 1.04. The molecule has 90 heavy (non-hydrogen) atoms. The summed E-state index contributed by atoms with van der Waals surface area (Å²) in [6.45, 7) is 0. The topological polar surface area (TPSA) is 77.3 Å². The third-order valence-electron chi connectivity index (χ3n) is 16.6. The normalized spacial score (nSPS) is 11.9. The van der Waals surface area contributed by atoms with Crippen LogP contribution in [0.3, 0.4) is 0 Å². The molecule has 0 radical (unpaired) electrons. The molecule has 424 valence electrons. The maximum Gasteiger partial charge on any atom is 0.164 e. The maximum absolute atomic E-state index is 5.23. The van der Waals surface area contributed by atoms with Gasteiger partial charge in [0.05, 0.1) is 0 Å². The van der Waals surface area contributed by atoms with Gasteiger partial charge in [0.15, 0.2) is 34.9 Å². The molecule has 6 nitrogen and oxygen atoms in total. The smallest absolute Gasteiger partial charge is 0.164 e. The van der Waals surface area contributed by atoms with E-state index in [0.29, 0.717) is 34.9 Å². The Labute approximate surface area is 524 Å². The van der Waals surface area contributed by atoms with E-state index in [0.717, 1.165) is 130 Å². The maximum atomic E-state index is 5.23. The minimum atomic E-state index is 0.599. The van der Waals surface area contributed by atoms with Crippen LogP contribution in [0.25, 0.3) is 152 Å². The second-order valence-electron chi connectivity index (χ2n) is 22.6. The SMILES string of the molecule is C1=CC(c2cccc(-c3nc(-c4cccc(-c5ccccc5)c4)nc(-c4cccc(-c5cccc(-c6cccc(-c7cccc(-c8cccc(-c9nc(-c%10cccc(-c%11ccccc%11)c%10)nc(-c%10cccc(-c%11ccccc%11)c%10)n9)c8)c7)c6)c5)c4)n3)c2)=CCC1. The average molecular weight is 1150 g/mol. The highest BCUT2D eigenvalue weighted by atomic mass is 15.0. The lowest BCUT2D eigenvalue weighted by atomic mass is 9.94. The van der Waals surface area contributed by atoms with Gasteiger partial charge in [-0.3, -0.25) is 0 Å². The predicted octanol–water partition coefficient (Wildman–Crippen LogP) is 21.5. The third-order valence-corrected chi connectivity index (χ3v) is 16.6. The van der Waals surface area contributed by atoms with Crippen LogP contribution in [0.15, 0.2) is 328 Å². The molecule has 0 fully saturated rings. The van der Waals surface area contributed by atoms with Crippen LogP contribution in [0.1, 0.15) is 18.4 Å². The highest BCUT2D eigenvalue weighted by Gasteiger charge is 2.18. The Kier molecular flexibility index (Phi) is 15.1. The van der Waals surface area contributed by atoms with Gasteiger partial charge in [-0.05, 0) is 156 Å². The van der Waals surface area contributed by atoms with Crippen LogP contribution in [0.4, 0.5) is 0 Å². The fourth-order valence-electron chi connectivity index (χ4n) is 11.9. The number of benzene rings is 12. The molecule has 12 aromatic carbocycles. The van der Waals surface area contributed by atoms with Gasteiger partial charge >= 0.3 is 0 Å². The van der Waals surface area contributed by atoms with Crippen LogP contribution in [-0.4, -0.2) is 29.9 Å². The van der Waals surface area contributed by atoms with Crippen molar-refractivity contribution in [3.63, 3.8) is 0 Å². The minimum Gasteiger partial charge on any atom is -0.208 e. The molecule has 0 N–H and O–H groups in total. The molecule has 14 aromatic rings. The van der Waals surface area contributed by atoms with Crippen molar-refractivity contribution in [3.05, 3.63) is 333 Å². The molecular formula is C84H58N6. The Balaban J connectivity index is 0.736. The molecule has 2 aromatic heterocycles. The highest BCUT2D eigenvalue weighted by Crippen LogP contribution is 2.37. The summed E-state index contributed by atoms with van der Waals surface area (Å²) in [6.07, 6.45) is 8.85. The molecular weight excluding hydrogens is 1090 g/mol. The summed E-state index contributed by atoms with van der Waals surface area (Å²) < 4.78 is 0. The Bertz CT molecular complexity index is 4910. The van der Waals surface area contributed by atoms with Crippen LogP contribution in [0.5, 0.6) is 0 Å². The standard InChI is InChI=1S/C84H58N6/c1-5-22-57(23-6-1)61-30-16-42-73(51-61)79-85-80(74-43-17-31-62(52-74)58-24-7-2-8-25-58)88-83(87-79)77-46-20-40-71(55-77)69-38-14-36-67(49-69)65-34-13-35-66(48-65)68-37-15-39-70(50-68)72-41-21-47-78(56-72)84-89-81(75-44-18-32-63(53-75)59-26-9-3-10-27-59)86-82(90-84)76-45-19-33-64(54-76)60-28-11-4-12-29-60/h1-3,5-11,13-56H,4,12H2. The first-order chi connectivity index (χ1) is 44.5. The first-order valence-electron chi connectivity index (χ1n) is 30.5. The van der Waals surface area contributed by atoms with Gasteiger partial charge in [0, 0.05) is 33.4 Å². The summed E-state index contributed by atoms with van der Waals surface area (Å²) in [7, 11) is 0. The first-order valence-corrected chi connectivity index (χ1v) is 30.5. The summed E-state index contributed by atoms with van der Waals surface area (Å²) in [5.41, 5.74) is 23.3. The van der Waals surface area contributed by atoms with Crippen molar-refractivity contribution in [2.75, 3.05) is 0 Å². The molecule has 0 unspecified atom stereocenters. The van der Waals surface area contributed by atoms with Crippen molar-refractivity contribution in [3.8, 4) is 146 Å². The van der Waals surface area contributed by atoms with Gasteiger partial charge in [-0.25, -0.2) is 29.9 Å². The number of hydrogen-bond acceptors (Lipinski definition) is 6.